The van der Waals surface area contributed by atoms with E-state index in [4.69, 9.17) is 0 Å². The minimum Gasteiger partial charge on any atom is -0.383 e. The Hall–Kier alpha value is -1.06. The summed E-state index contributed by atoms with van der Waals surface area (Å²) >= 11 is 0. The Morgan fingerprint density at radius 2 is 2.00 bits per heavy atom. The van der Waals surface area contributed by atoms with Gasteiger partial charge in [0.25, 0.3) is 0 Å². The van der Waals surface area contributed by atoms with Crippen LogP contribution in [-0.2, 0) is 6.42 Å². The molecule has 1 unspecified atom stereocenters. The number of fused-ring (bicyclic) bond motifs is 1. The van der Waals surface area contributed by atoms with E-state index in [-0.39, 0.29) is 0 Å². The molecule has 2 heterocycles. The molecule has 18 heavy (non-hydrogen) atoms. The molecule has 1 saturated heterocycles. The number of hydrogen-bond donors (Lipinski definition) is 1. The Morgan fingerprint density at radius 1 is 1.11 bits per heavy atom. The summed E-state index contributed by atoms with van der Waals surface area (Å²) in [6.07, 6.45) is 2.50. The van der Waals surface area contributed by atoms with E-state index in [2.05, 4.69) is 46.4 Å². The van der Waals surface area contributed by atoms with Gasteiger partial charge in [0.05, 0.1) is 0 Å². The molecule has 0 spiro atoms. The molecular formula is C15H23N3. The molecule has 0 aromatic heterocycles. The summed E-state index contributed by atoms with van der Waals surface area (Å²) in [6, 6.07) is 9.40. The summed E-state index contributed by atoms with van der Waals surface area (Å²) in [5, 5.41) is 3.59. The topological polar surface area (TPSA) is 18.5 Å². The van der Waals surface area contributed by atoms with Crippen LogP contribution in [0.3, 0.4) is 0 Å². The van der Waals surface area contributed by atoms with Gasteiger partial charge < -0.3 is 10.2 Å². The normalized spacial score (nSPS) is 26.2. The molecule has 0 saturated carbocycles. The third kappa shape index (κ3) is 2.52. The largest absolute Gasteiger partial charge is 0.383 e. The molecule has 1 N–H and O–H groups in total. The van der Waals surface area contributed by atoms with E-state index in [9.17, 15) is 0 Å². The average molecular weight is 245 g/mol. The lowest BCUT2D eigenvalue weighted by Crippen LogP contribution is -2.45. The molecule has 98 valence electrons. The van der Waals surface area contributed by atoms with Gasteiger partial charge in [-0.2, -0.15) is 0 Å². The molecule has 0 aliphatic carbocycles. The number of nitrogens with zero attached hydrogens (tertiary/aromatic N) is 2. The maximum absolute atomic E-state index is 3.59. The van der Waals surface area contributed by atoms with Crippen molar-refractivity contribution in [1.29, 1.82) is 0 Å². The Morgan fingerprint density at radius 3 is 2.94 bits per heavy atom. The summed E-state index contributed by atoms with van der Waals surface area (Å²) < 4.78 is 0. The summed E-state index contributed by atoms with van der Waals surface area (Å²) in [5.41, 5.74) is 2.81. The van der Waals surface area contributed by atoms with Crippen LogP contribution in [0.2, 0.25) is 0 Å². The minimum absolute atomic E-state index is 0.673. The van der Waals surface area contributed by atoms with Gasteiger partial charge >= 0.3 is 0 Å². The minimum atomic E-state index is 0.673. The van der Waals surface area contributed by atoms with Gasteiger partial charge in [-0.25, -0.2) is 0 Å². The standard InChI is InChI=1S/C15H23N3/c1-17-7-4-8-18(10-9-17)14-11-13-5-2-3-6-15(13)16-12-14/h2-3,5-6,14,16H,4,7-12H2,1H3. The fourth-order valence-electron chi connectivity index (χ4n) is 3.11. The number of anilines is 1. The molecule has 1 aromatic rings. The van der Waals surface area contributed by atoms with Crippen LogP contribution >= 0.6 is 0 Å². The van der Waals surface area contributed by atoms with Crippen molar-refractivity contribution in [2.45, 2.75) is 18.9 Å². The first-order valence-corrected chi connectivity index (χ1v) is 7.07. The van der Waals surface area contributed by atoms with Crippen LogP contribution in [-0.4, -0.2) is 55.6 Å². The number of hydrogen-bond acceptors (Lipinski definition) is 3. The van der Waals surface area contributed by atoms with Crippen molar-refractivity contribution in [3.63, 3.8) is 0 Å². The zero-order valence-electron chi connectivity index (χ0n) is 11.2. The van der Waals surface area contributed by atoms with Crippen LogP contribution in [0, 0.1) is 0 Å². The smallest absolute Gasteiger partial charge is 0.0373 e. The van der Waals surface area contributed by atoms with Crippen molar-refractivity contribution in [3.05, 3.63) is 29.8 Å². The molecule has 0 bridgehead atoms. The van der Waals surface area contributed by atoms with Crippen molar-refractivity contribution in [1.82, 2.24) is 9.80 Å². The van der Waals surface area contributed by atoms with Crippen LogP contribution in [0.4, 0.5) is 5.69 Å². The van der Waals surface area contributed by atoms with E-state index < -0.39 is 0 Å². The van der Waals surface area contributed by atoms with Gasteiger partial charge in [-0.05, 0) is 44.6 Å². The van der Waals surface area contributed by atoms with E-state index in [0.29, 0.717) is 6.04 Å². The van der Waals surface area contributed by atoms with Gasteiger partial charge in [-0.1, -0.05) is 18.2 Å². The second-order valence-corrected chi connectivity index (χ2v) is 5.59. The molecule has 1 fully saturated rings. The number of benzene rings is 1. The van der Waals surface area contributed by atoms with Gasteiger partial charge in [-0.3, -0.25) is 4.90 Å². The number of likely N-dealkylation sites (N-methyl/N-ethyl adjacent to an activating group) is 1. The maximum Gasteiger partial charge on any atom is 0.0373 e. The number of nitrogens with one attached hydrogen (secondary N) is 1. The van der Waals surface area contributed by atoms with Crippen molar-refractivity contribution in [3.8, 4) is 0 Å². The molecule has 0 amide bonds. The molecule has 3 rings (SSSR count). The average Bonchev–Trinajstić information content (AvgIpc) is 2.63. The lowest BCUT2D eigenvalue weighted by atomic mass is 9.98. The molecule has 2 aliphatic heterocycles. The predicted octanol–water partition coefficient (Wildman–Crippen LogP) is 1.66. The van der Waals surface area contributed by atoms with Crippen molar-refractivity contribution < 1.29 is 0 Å². The van der Waals surface area contributed by atoms with Crippen LogP contribution in [0.25, 0.3) is 0 Å². The van der Waals surface area contributed by atoms with Gasteiger partial charge in [0.15, 0.2) is 0 Å². The van der Waals surface area contributed by atoms with E-state index in [0.717, 1.165) is 6.54 Å². The van der Waals surface area contributed by atoms with Gasteiger partial charge in [0, 0.05) is 31.4 Å². The summed E-state index contributed by atoms with van der Waals surface area (Å²) in [6.45, 7) is 6.01. The highest BCUT2D eigenvalue weighted by molar-refractivity contribution is 5.53. The third-order valence-corrected chi connectivity index (χ3v) is 4.27. The van der Waals surface area contributed by atoms with E-state index in [1.54, 1.807) is 0 Å². The molecule has 3 heteroatoms. The zero-order chi connectivity index (χ0) is 12.4. The van der Waals surface area contributed by atoms with Crippen LogP contribution in [0.5, 0.6) is 0 Å². The Labute approximate surface area is 110 Å². The van der Waals surface area contributed by atoms with Crippen LogP contribution in [0.1, 0.15) is 12.0 Å². The highest BCUT2D eigenvalue weighted by Gasteiger charge is 2.24. The molecule has 3 nitrogen and oxygen atoms in total. The lowest BCUT2D eigenvalue weighted by Gasteiger charge is -2.35. The molecule has 2 aliphatic rings. The molecular weight excluding hydrogens is 222 g/mol. The van der Waals surface area contributed by atoms with Crippen LogP contribution < -0.4 is 5.32 Å². The first-order chi connectivity index (χ1) is 8.83. The van der Waals surface area contributed by atoms with Gasteiger partial charge in [0.2, 0.25) is 0 Å². The SMILES string of the molecule is CN1CCCN(C2CNc3ccccc3C2)CC1. The Bertz CT molecular complexity index is 404. The van der Waals surface area contributed by atoms with Crippen molar-refractivity contribution in [2.75, 3.05) is 45.1 Å². The van der Waals surface area contributed by atoms with E-state index in [1.165, 1.54) is 50.3 Å². The third-order valence-electron chi connectivity index (χ3n) is 4.27. The van der Waals surface area contributed by atoms with Crippen molar-refractivity contribution >= 4 is 5.69 Å². The fourth-order valence-corrected chi connectivity index (χ4v) is 3.11. The monoisotopic (exact) mass is 245 g/mol. The summed E-state index contributed by atoms with van der Waals surface area (Å²) in [4.78, 5) is 5.12. The first-order valence-electron chi connectivity index (χ1n) is 7.07. The second-order valence-electron chi connectivity index (χ2n) is 5.59. The fraction of sp³-hybridized carbons (Fsp3) is 0.600. The Balaban J connectivity index is 1.68. The number of para-hydroxylation sites is 1. The highest BCUT2D eigenvalue weighted by Crippen LogP contribution is 2.24. The maximum atomic E-state index is 3.59. The number of rotatable bonds is 1. The lowest BCUT2D eigenvalue weighted by molar-refractivity contribution is 0.206. The second kappa shape index (κ2) is 5.29. The zero-order valence-corrected chi connectivity index (χ0v) is 11.2. The molecule has 1 atom stereocenters. The van der Waals surface area contributed by atoms with Crippen molar-refractivity contribution in [2.24, 2.45) is 0 Å². The van der Waals surface area contributed by atoms with Gasteiger partial charge in [0.1, 0.15) is 0 Å². The molecule has 0 radical (unpaired) electrons. The summed E-state index contributed by atoms with van der Waals surface area (Å²) in [5.74, 6) is 0. The molecule has 1 aromatic carbocycles. The van der Waals surface area contributed by atoms with E-state index >= 15 is 0 Å². The summed E-state index contributed by atoms with van der Waals surface area (Å²) in [7, 11) is 2.23. The highest BCUT2D eigenvalue weighted by atomic mass is 15.2. The van der Waals surface area contributed by atoms with Gasteiger partial charge in [-0.15, -0.1) is 0 Å². The predicted molar refractivity (Wildman–Crippen MR) is 76.1 cm³/mol. The van der Waals surface area contributed by atoms with Crippen LogP contribution in [0.15, 0.2) is 24.3 Å². The quantitative estimate of drug-likeness (QED) is 0.812. The van der Waals surface area contributed by atoms with E-state index in [1.807, 2.05) is 0 Å². The first kappa shape index (κ1) is 12.0. The Kier molecular flexibility index (Phi) is 3.52.